The normalized spacial score (nSPS) is 12.4. The second-order valence-corrected chi connectivity index (χ2v) is 2.57. The predicted octanol–water partition coefficient (Wildman–Crippen LogP) is 0.0636. The van der Waals surface area contributed by atoms with Gasteiger partial charge in [-0.25, -0.2) is 0 Å². The molecule has 3 radical (unpaired) electrons. The van der Waals surface area contributed by atoms with E-state index in [-0.39, 0.29) is 8.41 Å². The molecular weight excluding hydrogens is 129 g/mol. The van der Waals surface area contributed by atoms with Gasteiger partial charge in [0.05, 0.1) is 0 Å². The smallest absolute Gasteiger partial charge is 0.320 e. The van der Waals surface area contributed by atoms with Gasteiger partial charge in [0.1, 0.15) is 6.04 Å². The summed E-state index contributed by atoms with van der Waals surface area (Å²) in [6.45, 7) is 3.89. The largest absolute Gasteiger partial charge is 0.480 e. The quantitative estimate of drug-likeness (QED) is 0.547. The van der Waals surface area contributed by atoms with Gasteiger partial charge in [0.15, 0.2) is 0 Å². The van der Waals surface area contributed by atoms with Crippen molar-refractivity contribution in [3.05, 3.63) is 0 Å². The Hall–Kier alpha value is -0.505. The second-order valence-electron chi connectivity index (χ2n) is 2.57. The molecule has 0 saturated carbocycles. The van der Waals surface area contributed by atoms with E-state index >= 15 is 0 Å². The summed E-state index contributed by atoms with van der Waals surface area (Å²) in [5, 5.41) is 8.31. The van der Waals surface area contributed by atoms with Crippen LogP contribution in [-0.4, -0.2) is 25.5 Å². The minimum absolute atomic E-state index is 0. The van der Waals surface area contributed by atoms with E-state index in [1.807, 2.05) is 13.8 Å². The van der Waals surface area contributed by atoms with Crippen molar-refractivity contribution in [1.29, 1.82) is 0 Å². The number of nitrogens with two attached hydrogens (primary N) is 1. The molecule has 1 unspecified atom stereocenters. The van der Waals surface area contributed by atoms with Crippen LogP contribution in [-0.2, 0) is 4.79 Å². The van der Waals surface area contributed by atoms with Crippen LogP contribution in [0, 0.1) is 5.92 Å². The highest BCUT2D eigenvalue weighted by atomic mass is 16.4. The molecular formula is C6H13BNO2. The van der Waals surface area contributed by atoms with Gasteiger partial charge in [-0.05, 0) is 12.3 Å². The van der Waals surface area contributed by atoms with Gasteiger partial charge >= 0.3 is 5.97 Å². The first-order valence-electron chi connectivity index (χ1n) is 3.02. The molecule has 10 heavy (non-hydrogen) atoms. The molecule has 57 valence electrons. The van der Waals surface area contributed by atoms with E-state index in [0.29, 0.717) is 12.3 Å². The maximum Gasteiger partial charge on any atom is 0.320 e. The van der Waals surface area contributed by atoms with Gasteiger partial charge in [0.25, 0.3) is 0 Å². The first-order chi connectivity index (χ1) is 4.04. The third-order valence-electron chi connectivity index (χ3n) is 1.04. The van der Waals surface area contributed by atoms with Crippen molar-refractivity contribution in [2.75, 3.05) is 0 Å². The molecule has 0 aromatic heterocycles. The lowest BCUT2D eigenvalue weighted by Gasteiger charge is -2.07. The summed E-state index contributed by atoms with van der Waals surface area (Å²) in [6, 6.07) is -0.690. The fourth-order valence-electron chi connectivity index (χ4n) is 0.609. The molecule has 1 atom stereocenters. The first kappa shape index (κ1) is 12.2. The van der Waals surface area contributed by atoms with Gasteiger partial charge in [-0.15, -0.1) is 0 Å². The minimum atomic E-state index is -0.913. The fourth-order valence-corrected chi connectivity index (χ4v) is 0.609. The van der Waals surface area contributed by atoms with Crippen LogP contribution in [0.3, 0.4) is 0 Å². The Morgan fingerprint density at radius 1 is 1.60 bits per heavy atom. The maximum atomic E-state index is 10.1. The zero-order chi connectivity index (χ0) is 7.44. The van der Waals surface area contributed by atoms with Crippen LogP contribution in [0.1, 0.15) is 20.3 Å². The van der Waals surface area contributed by atoms with Crippen molar-refractivity contribution in [2.45, 2.75) is 26.3 Å². The Morgan fingerprint density at radius 2 is 2.00 bits per heavy atom. The molecule has 0 fully saturated rings. The topological polar surface area (TPSA) is 63.3 Å². The van der Waals surface area contributed by atoms with Gasteiger partial charge < -0.3 is 10.8 Å². The molecule has 0 saturated heterocycles. The van der Waals surface area contributed by atoms with E-state index in [1.165, 1.54) is 0 Å². The van der Waals surface area contributed by atoms with E-state index in [1.54, 1.807) is 0 Å². The molecule has 0 aromatic rings. The standard InChI is InChI=1S/C6H13NO2.B/c1-4(2)3-5(7)6(8)9;/h4-5H,3,7H2,1-2H3,(H,8,9);. The number of carboxylic acid groups (broad SMARTS) is 1. The van der Waals surface area contributed by atoms with Crippen molar-refractivity contribution in [2.24, 2.45) is 11.7 Å². The first-order valence-corrected chi connectivity index (χ1v) is 3.02. The molecule has 0 spiro atoms. The molecule has 0 aliphatic rings. The van der Waals surface area contributed by atoms with Crippen molar-refractivity contribution in [3.63, 3.8) is 0 Å². The van der Waals surface area contributed by atoms with Crippen molar-refractivity contribution >= 4 is 14.4 Å². The Morgan fingerprint density at radius 3 is 2.10 bits per heavy atom. The number of rotatable bonds is 3. The summed E-state index contributed by atoms with van der Waals surface area (Å²) in [7, 11) is 0. The zero-order valence-electron chi connectivity index (χ0n) is 6.37. The maximum absolute atomic E-state index is 10.1. The van der Waals surface area contributed by atoms with E-state index < -0.39 is 12.0 Å². The van der Waals surface area contributed by atoms with Crippen LogP contribution in [0.2, 0.25) is 0 Å². The molecule has 4 heteroatoms. The summed E-state index contributed by atoms with van der Waals surface area (Å²) >= 11 is 0. The highest BCUT2D eigenvalue weighted by Crippen LogP contribution is 2.01. The lowest BCUT2D eigenvalue weighted by Crippen LogP contribution is -2.31. The van der Waals surface area contributed by atoms with Gasteiger partial charge in [0, 0.05) is 8.41 Å². The number of hydrogen-bond acceptors (Lipinski definition) is 2. The van der Waals surface area contributed by atoms with E-state index in [4.69, 9.17) is 10.8 Å². The van der Waals surface area contributed by atoms with Gasteiger partial charge in [-0.2, -0.15) is 0 Å². The molecule has 0 heterocycles. The van der Waals surface area contributed by atoms with Gasteiger partial charge in [-0.1, -0.05) is 13.8 Å². The summed E-state index contributed by atoms with van der Waals surface area (Å²) < 4.78 is 0. The van der Waals surface area contributed by atoms with Crippen LogP contribution in [0.4, 0.5) is 0 Å². The van der Waals surface area contributed by atoms with Crippen LogP contribution in [0.25, 0.3) is 0 Å². The third kappa shape index (κ3) is 5.63. The molecule has 0 aliphatic carbocycles. The Labute approximate surface area is 63.2 Å². The predicted molar refractivity (Wildman–Crippen MR) is 40.8 cm³/mol. The summed E-state index contributed by atoms with van der Waals surface area (Å²) in [5.41, 5.74) is 5.22. The Balaban J connectivity index is 0. The second kappa shape index (κ2) is 5.29. The lowest BCUT2D eigenvalue weighted by molar-refractivity contribution is -0.138. The van der Waals surface area contributed by atoms with E-state index in [9.17, 15) is 4.79 Å². The summed E-state index contributed by atoms with van der Waals surface area (Å²) in [4.78, 5) is 10.1. The highest BCUT2D eigenvalue weighted by molar-refractivity contribution is 5.75. The van der Waals surface area contributed by atoms with Gasteiger partial charge in [0.2, 0.25) is 0 Å². The van der Waals surface area contributed by atoms with Gasteiger partial charge in [-0.3, -0.25) is 4.79 Å². The molecule has 0 aromatic carbocycles. The lowest BCUT2D eigenvalue weighted by atomic mass is 10.1. The summed E-state index contributed by atoms with van der Waals surface area (Å²) in [6.07, 6.45) is 0.551. The third-order valence-corrected chi connectivity index (χ3v) is 1.04. The Bertz CT molecular complexity index is 106. The minimum Gasteiger partial charge on any atom is -0.480 e. The number of carboxylic acids is 1. The number of hydrogen-bond donors (Lipinski definition) is 2. The van der Waals surface area contributed by atoms with Crippen LogP contribution in [0.15, 0.2) is 0 Å². The average molecular weight is 142 g/mol. The molecule has 0 rings (SSSR count). The van der Waals surface area contributed by atoms with Crippen molar-refractivity contribution < 1.29 is 9.90 Å². The molecule has 3 N–H and O–H groups in total. The highest BCUT2D eigenvalue weighted by Gasteiger charge is 2.11. The fraction of sp³-hybridized carbons (Fsp3) is 0.833. The van der Waals surface area contributed by atoms with E-state index in [2.05, 4.69) is 0 Å². The molecule has 0 bridgehead atoms. The summed E-state index contributed by atoms with van der Waals surface area (Å²) in [5.74, 6) is -0.556. The van der Waals surface area contributed by atoms with Crippen molar-refractivity contribution in [1.82, 2.24) is 0 Å². The SMILES string of the molecule is CC(C)CC(N)C(=O)O.[B]. The van der Waals surface area contributed by atoms with Crippen molar-refractivity contribution in [3.8, 4) is 0 Å². The van der Waals surface area contributed by atoms with E-state index in [0.717, 1.165) is 0 Å². The van der Waals surface area contributed by atoms with Crippen LogP contribution in [0.5, 0.6) is 0 Å². The number of carbonyl (C=O) groups is 1. The number of aliphatic carboxylic acids is 1. The monoisotopic (exact) mass is 142 g/mol. The Kier molecular flexibility index (Phi) is 6.46. The molecule has 0 amide bonds. The molecule has 0 aliphatic heterocycles. The average Bonchev–Trinajstić information content (AvgIpc) is 1.63. The zero-order valence-corrected chi connectivity index (χ0v) is 6.37. The van der Waals surface area contributed by atoms with Crippen LogP contribution < -0.4 is 5.73 Å². The van der Waals surface area contributed by atoms with Crippen LogP contribution >= 0.6 is 0 Å². The molecule has 3 nitrogen and oxygen atoms in total.